The highest BCUT2D eigenvalue weighted by Crippen LogP contribution is 2.27. The van der Waals surface area contributed by atoms with Crippen LogP contribution in [0.1, 0.15) is 22.2 Å². The molecule has 0 atom stereocenters. The fourth-order valence-corrected chi connectivity index (χ4v) is 2.56. The number of amides is 1. The van der Waals surface area contributed by atoms with Gasteiger partial charge in [0.05, 0.1) is 17.4 Å². The van der Waals surface area contributed by atoms with Crippen molar-refractivity contribution in [3.05, 3.63) is 16.5 Å². The first-order valence-electron chi connectivity index (χ1n) is 5.14. The van der Waals surface area contributed by atoms with E-state index in [9.17, 15) is 9.59 Å². The van der Waals surface area contributed by atoms with Crippen LogP contribution in [-0.4, -0.2) is 30.5 Å². The molecule has 94 valence electrons. The second-order valence-corrected chi connectivity index (χ2v) is 5.24. The number of carbonyl (C=O) groups excluding carboxylic acids is 2. The molecule has 1 amide bonds. The normalized spacial score (nSPS) is 10.1. The van der Waals surface area contributed by atoms with Crippen molar-refractivity contribution in [2.45, 2.75) is 13.8 Å². The Kier molecular flexibility index (Phi) is 5.50. The standard InChI is InChI=1S/C11H15NO3S2/c1-4-15-11(14)10-7(2)5-9(17-10)12-8(13)6-16-3/h5H,4,6H2,1-3H3,(H,12,13). The second kappa shape index (κ2) is 6.66. The molecule has 0 aliphatic carbocycles. The Balaban J connectivity index is 2.74. The third-order valence-corrected chi connectivity index (χ3v) is 3.60. The lowest BCUT2D eigenvalue weighted by Crippen LogP contribution is -2.12. The summed E-state index contributed by atoms with van der Waals surface area (Å²) in [7, 11) is 0. The first-order chi connectivity index (χ1) is 8.08. The van der Waals surface area contributed by atoms with Gasteiger partial charge < -0.3 is 10.1 Å². The predicted octanol–water partition coefficient (Wildman–Crippen LogP) is 2.53. The van der Waals surface area contributed by atoms with E-state index in [1.807, 2.05) is 13.2 Å². The third-order valence-electron chi connectivity index (χ3n) is 1.92. The SMILES string of the molecule is CCOC(=O)c1sc(NC(=O)CSC)cc1C. The highest BCUT2D eigenvalue weighted by Gasteiger charge is 2.15. The predicted molar refractivity (Wildman–Crippen MR) is 72.0 cm³/mol. The number of esters is 1. The highest BCUT2D eigenvalue weighted by molar-refractivity contribution is 7.99. The number of anilines is 1. The van der Waals surface area contributed by atoms with Gasteiger partial charge in [-0.3, -0.25) is 4.79 Å². The summed E-state index contributed by atoms with van der Waals surface area (Å²) >= 11 is 2.70. The van der Waals surface area contributed by atoms with Crippen molar-refractivity contribution in [3.63, 3.8) is 0 Å². The van der Waals surface area contributed by atoms with Gasteiger partial charge in [0.2, 0.25) is 5.91 Å². The zero-order valence-corrected chi connectivity index (χ0v) is 11.7. The van der Waals surface area contributed by atoms with E-state index in [0.29, 0.717) is 22.2 Å². The summed E-state index contributed by atoms with van der Waals surface area (Å²) in [5, 5.41) is 3.44. The average molecular weight is 273 g/mol. The maximum absolute atomic E-state index is 11.6. The maximum atomic E-state index is 11.6. The Morgan fingerprint density at radius 2 is 2.24 bits per heavy atom. The van der Waals surface area contributed by atoms with E-state index >= 15 is 0 Å². The number of ether oxygens (including phenoxy) is 1. The van der Waals surface area contributed by atoms with Crippen LogP contribution in [0, 0.1) is 6.92 Å². The van der Waals surface area contributed by atoms with Gasteiger partial charge in [0.25, 0.3) is 0 Å². The Morgan fingerprint density at radius 3 is 2.82 bits per heavy atom. The van der Waals surface area contributed by atoms with Crippen molar-refractivity contribution >= 4 is 40.0 Å². The Hall–Kier alpha value is -1.01. The average Bonchev–Trinajstić information content (AvgIpc) is 2.60. The Morgan fingerprint density at radius 1 is 1.53 bits per heavy atom. The van der Waals surface area contributed by atoms with E-state index in [1.54, 1.807) is 13.0 Å². The zero-order valence-electron chi connectivity index (χ0n) is 10.0. The molecule has 0 unspecified atom stereocenters. The topological polar surface area (TPSA) is 55.4 Å². The van der Waals surface area contributed by atoms with Gasteiger partial charge in [-0.25, -0.2) is 4.79 Å². The van der Waals surface area contributed by atoms with Crippen LogP contribution in [0.5, 0.6) is 0 Å². The van der Waals surface area contributed by atoms with E-state index in [0.717, 1.165) is 5.56 Å². The molecule has 1 aromatic heterocycles. The lowest BCUT2D eigenvalue weighted by Gasteiger charge is -2.00. The van der Waals surface area contributed by atoms with Crippen molar-refractivity contribution in [1.29, 1.82) is 0 Å². The fourth-order valence-electron chi connectivity index (χ4n) is 1.25. The molecule has 1 heterocycles. The van der Waals surface area contributed by atoms with Gasteiger partial charge in [0.15, 0.2) is 0 Å². The van der Waals surface area contributed by atoms with Crippen LogP contribution in [0.2, 0.25) is 0 Å². The van der Waals surface area contributed by atoms with Crippen LogP contribution in [0.25, 0.3) is 0 Å². The number of hydrogen-bond donors (Lipinski definition) is 1. The van der Waals surface area contributed by atoms with Gasteiger partial charge in [-0.1, -0.05) is 0 Å². The van der Waals surface area contributed by atoms with E-state index in [2.05, 4.69) is 5.32 Å². The third kappa shape index (κ3) is 4.05. The van der Waals surface area contributed by atoms with Gasteiger partial charge in [0.1, 0.15) is 4.88 Å². The molecule has 0 saturated carbocycles. The smallest absolute Gasteiger partial charge is 0.348 e. The molecule has 1 rings (SSSR count). The van der Waals surface area contributed by atoms with Gasteiger partial charge in [-0.05, 0) is 31.7 Å². The van der Waals surface area contributed by atoms with Gasteiger partial charge in [-0.2, -0.15) is 11.8 Å². The van der Waals surface area contributed by atoms with Crippen molar-refractivity contribution in [3.8, 4) is 0 Å². The number of aryl methyl sites for hydroxylation is 1. The van der Waals surface area contributed by atoms with Gasteiger partial charge in [-0.15, -0.1) is 11.3 Å². The van der Waals surface area contributed by atoms with Crippen molar-refractivity contribution < 1.29 is 14.3 Å². The van der Waals surface area contributed by atoms with E-state index < -0.39 is 0 Å². The van der Waals surface area contributed by atoms with Crippen molar-refractivity contribution in [2.75, 3.05) is 23.9 Å². The molecule has 0 spiro atoms. The lowest BCUT2D eigenvalue weighted by atomic mass is 10.3. The van der Waals surface area contributed by atoms with Crippen LogP contribution in [0.4, 0.5) is 5.00 Å². The number of nitrogens with one attached hydrogen (secondary N) is 1. The molecule has 0 fully saturated rings. The molecule has 17 heavy (non-hydrogen) atoms. The summed E-state index contributed by atoms with van der Waals surface area (Å²) in [6.07, 6.45) is 1.86. The molecular formula is C11H15NO3S2. The number of carbonyl (C=O) groups is 2. The first kappa shape index (κ1) is 14.1. The summed E-state index contributed by atoms with van der Waals surface area (Å²) in [4.78, 5) is 23.5. The zero-order chi connectivity index (χ0) is 12.8. The van der Waals surface area contributed by atoms with E-state index in [-0.39, 0.29) is 11.9 Å². The molecule has 0 saturated heterocycles. The fraction of sp³-hybridized carbons (Fsp3) is 0.455. The number of thioether (sulfide) groups is 1. The van der Waals surface area contributed by atoms with Gasteiger partial charge in [0, 0.05) is 0 Å². The molecule has 1 N–H and O–H groups in total. The Bertz CT molecular complexity index is 415. The summed E-state index contributed by atoms with van der Waals surface area (Å²) in [5.74, 6) is 0.0145. The van der Waals surface area contributed by atoms with E-state index in [4.69, 9.17) is 4.74 Å². The molecule has 1 aromatic rings. The lowest BCUT2D eigenvalue weighted by molar-refractivity contribution is -0.113. The van der Waals surface area contributed by atoms with Crippen LogP contribution in [0.15, 0.2) is 6.07 Å². The first-order valence-corrected chi connectivity index (χ1v) is 7.35. The minimum atomic E-state index is -0.333. The van der Waals surface area contributed by atoms with Crippen LogP contribution < -0.4 is 5.32 Å². The van der Waals surface area contributed by atoms with Crippen LogP contribution >= 0.6 is 23.1 Å². The summed E-state index contributed by atoms with van der Waals surface area (Å²) in [6, 6.07) is 1.79. The summed E-state index contributed by atoms with van der Waals surface area (Å²) < 4.78 is 4.93. The van der Waals surface area contributed by atoms with Crippen LogP contribution in [-0.2, 0) is 9.53 Å². The molecule has 4 nitrogen and oxygen atoms in total. The van der Waals surface area contributed by atoms with E-state index in [1.165, 1.54) is 23.1 Å². The number of thiophene rings is 1. The minimum Gasteiger partial charge on any atom is -0.462 e. The Labute approximate surface area is 109 Å². The molecule has 0 aromatic carbocycles. The number of rotatable bonds is 5. The quantitative estimate of drug-likeness (QED) is 0.838. The van der Waals surface area contributed by atoms with Crippen LogP contribution in [0.3, 0.4) is 0 Å². The monoisotopic (exact) mass is 273 g/mol. The second-order valence-electron chi connectivity index (χ2n) is 3.32. The molecule has 0 aliphatic rings. The minimum absolute atomic E-state index is 0.0610. The van der Waals surface area contributed by atoms with Crippen molar-refractivity contribution in [2.24, 2.45) is 0 Å². The summed E-state index contributed by atoms with van der Waals surface area (Å²) in [6.45, 7) is 3.94. The largest absolute Gasteiger partial charge is 0.462 e. The molecule has 6 heteroatoms. The molecular weight excluding hydrogens is 258 g/mol. The number of hydrogen-bond acceptors (Lipinski definition) is 5. The molecule has 0 aliphatic heterocycles. The molecule has 0 bridgehead atoms. The molecule has 0 radical (unpaired) electrons. The van der Waals surface area contributed by atoms with Gasteiger partial charge >= 0.3 is 5.97 Å². The maximum Gasteiger partial charge on any atom is 0.348 e. The van der Waals surface area contributed by atoms with Crippen molar-refractivity contribution in [1.82, 2.24) is 0 Å². The highest BCUT2D eigenvalue weighted by atomic mass is 32.2. The summed E-state index contributed by atoms with van der Waals surface area (Å²) in [5.41, 5.74) is 0.827.